The third kappa shape index (κ3) is 1.20. The molecule has 1 aliphatic heterocycles. The number of aromatic nitrogens is 1. The molecule has 4 N–H and O–H groups in total. The Bertz CT molecular complexity index is 621. The number of hydrogen-bond donors (Lipinski definition) is 4. The first-order valence-electron chi connectivity index (χ1n) is 6.42. The molecule has 1 aliphatic carbocycles. The molecule has 1 saturated heterocycles. The fraction of sp³-hybridized carbons (Fsp3) is 0.429. The van der Waals surface area contributed by atoms with Crippen molar-refractivity contribution in [2.45, 2.75) is 30.6 Å². The van der Waals surface area contributed by atoms with Crippen LogP contribution in [-0.4, -0.2) is 33.9 Å². The van der Waals surface area contributed by atoms with Crippen LogP contribution in [-0.2, 0) is 12.0 Å². The van der Waals surface area contributed by atoms with Gasteiger partial charge in [-0.3, -0.25) is 0 Å². The second kappa shape index (κ2) is 3.35. The topological polar surface area (TPSA) is 68.3 Å². The van der Waals surface area contributed by atoms with Gasteiger partial charge in [0.1, 0.15) is 5.60 Å². The van der Waals surface area contributed by atoms with Crippen molar-refractivity contribution in [1.82, 2.24) is 10.3 Å². The number of benzene rings is 1. The number of aliphatic hydroxyl groups excluding tert-OH is 1. The van der Waals surface area contributed by atoms with Crippen molar-refractivity contribution in [2.24, 2.45) is 0 Å². The Hall–Kier alpha value is -1.36. The smallest absolute Gasteiger partial charge is 0.108 e. The van der Waals surface area contributed by atoms with E-state index in [4.69, 9.17) is 0 Å². The van der Waals surface area contributed by atoms with Gasteiger partial charge >= 0.3 is 0 Å². The number of aromatic amines is 1. The van der Waals surface area contributed by atoms with Crippen LogP contribution >= 0.6 is 0 Å². The summed E-state index contributed by atoms with van der Waals surface area (Å²) in [5.41, 5.74) is 2.30. The fourth-order valence-electron chi connectivity index (χ4n) is 3.56. The minimum atomic E-state index is -0.952. The molecule has 0 saturated carbocycles. The van der Waals surface area contributed by atoms with Crippen molar-refractivity contribution in [3.63, 3.8) is 0 Å². The van der Waals surface area contributed by atoms with Crippen molar-refractivity contribution in [2.75, 3.05) is 6.54 Å². The molecule has 1 aromatic carbocycles. The molecule has 94 valence electrons. The SMILES string of the molecule is OC1CN[C@@H]2Cc3c[nH]c4cccc(c34)[C@@]2(O)C1. The molecule has 1 fully saturated rings. The maximum absolute atomic E-state index is 11.0. The number of H-pyrrole nitrogens is 1. The zero-order valence-electron chi connectivity index (χ0n) is 9.98. The number of rotatable bonds is 0. The molecule has 3 atom stereocenters. The number of fused-ring (bicyclic) bond motifs is 2. The summed E-state index contributed by atoms with van der Waals surface area (Å²) >= 11 is 0. The molecule has 0 spiro atoms. The van der Waals surface area contributed by atoms with Crippen LogP contribution in [0.2, 0.25) is 0 Å². The third-order valence-electron chi connectivity index (χ3n) is 4.40. The molecule has 18 heavy (non-hydrogen) atoms. The molecule has 4 nitrogen and oxygen atoms in total. The fourth-order valence-corrected chi connectivity index (χ4v) is 3.56. The van der Waals surface area contributed by atoms with Crippen molar-refractivity contribution in [3.05, 3.63) is 35.5 Å². The number of aliphatic hydroxyl groups is 2. The van der Waals surface area contributed by atoms with Crippen LogP contribution in [0.25, 0.3) is 10.9 Å². The number of nitrogens with one attached hydrogen (secondary N) is 2. The van der Waals surface area contributed by atoms with Gasteiger partial charge in [-0.2, -0.15) is 0 Å². The van der Waals surface area contributed by atoms with E-state index in [2.05, 4.69) is 10.3 Å². The zero-order valence-corrected chi connectivity index (χ0v) is 9.98. The summed E-state index contributed by atoms with van der Waals surface area (Å²) in [5, 5.41) is 25.2. The van der Waals surface area contributed by atoms with Crippen LogP contribution in [0.1, 0.15) is 17.5 Å². The molecule has 2 heterocycles. The maximum atomic E-state index is 11.0. The Morgan fingerprint density at radius 2 is 2.22 bits per heavy atom. The van der Waals surface area contributed by atoms with Gasteiger partial charge < -0.3 is 20.5 Å². The average molecular weight is 244 g/mol. The van der Waals surface area contributed by atoms with Gasteiger partial charge in [-0.25, -0.2) is 0 Å². The van der Waals surface area contributed by atoms with Gasteiger partial charge in [0.2, 0.25) is 0 Å². The Labute approximate surface area is 105 Å². The predicted octanol–water partition coefficient (Wildman–Crippen LogP) is 0.634. The molecule has 1 aromatic heterocycles. The molecule has 1 unspecified atom stereocenters. The van der Waals surface area contributed by atoms with Crippen molar-refractivity contribution >= 4 is 10.9 Å². The molecule has 4 rings (SSSR count). The van der Waals surface area contributed by atoms with Gasteiger partial charge in [-0.15, -0.1) is 0 Å². The first-order chi connectivity index (χ1) is 8.68. The van der Waals surface area contributed by atoms with E-state index < -0.39 is 11.7 Å². The highest BCUT2D eigenvalue weighted by Gasteiger charge is 2.47. The predicted molar refractivity (Wildman–Crippen MR) is 68.3 cm³/mol. The second-order valence-electron chi connectivity index (χ2n) is 5.49. The Balaban J connectivity index is 1.99. The lowest BCUT2D eigenvalue weighted by molar-refractivity contribution is -0.0714. The van der Waals surface area contributed by atoms with Gasteiger partial charge in [-0.1, -0.05) is 12.1 Å². The van der Waals surface area contributed by atoms with Gasteiger partial charge in [-0.05, 0) is 23.6 Å². The van der Waals surface area contributed by atoms with Crippen LogP contribution in [0.5, 0.6) is 0 Å². The van der Waals surface area contributed by atoms with E-state index in [9.17, 15) is 10.2 Å². The van der Waals surface area contributed by atoms with E-state index in [1.807, 2.05) is 24.4 Å². The van der Waals surface area contributed by atoms with Crippen LogP contribution < -0.4 is 5.32 Å². The first kappa shape index (κ1) is 10.6. The van der Waals surface area contributed by atoms with Crippen LogP contribution in [0.15, 0.2) is 24.4 Å². The molecule has 4 heteroatoms. The van der Waals surface area contributed by atoms with Crippen molar-refractivity contribution < 1.29 is 10.2 Å². The molecule has 2 aromatic rings. The molecular formula is C14H16N2O2. The summed E-state index contributed by atoms with van der Waals surface area (Å²) in [7, 11) is 0. The Morgan fingerprint density at radius 3 is 3.11 bits per heavy atom. The van der Waals surface area contributed by atoms with E-state index in [1.54, 1.807) is 0 Å². The summed E-state index contributed by atoms with van der Waals surface area (Å²) in [6.07, 6.45) is 2.76. The largest absolute Gasteiger partial charge is 0.392 e. The van der Waals surface area contributed by atoms with Crippen LogP contribution in [0.4, 0.5) is 0 Å². The first-order valence-corrected chi connectivity index (χ1v) is 6.42. The lowest BCUT2D eigenvalue weighted by Crippen LogP contribution is -2.59. The van der Waals surface area contributed by atoms with Gasteiger partial charge in [0.05, 0.1) is 6.10 Å². The highest BCUT2D eigenvalue weighted by atomic mass is 16.3. The quantitative estimate of drug-likeness (QED) is 0.549. The third-order valence-corrected chi connectivity index (χ3v) is 4.40. The van der Waals surface area contributed by atoms with Gasteiger partial charge in [0.15, 0.2) is 0 Å². The standard InChI is InChI=1S/C14H16N2O2/c17-9-5-14(18)10-2-1-3-11-13(10)8(6-15-11)4-12(14)16-7-9/h1-3,6,9,12,15-18H,4-5,7H2/t9?,12-,14+/m1/s1. The molecule has 0 bridgehead atoms. The van der Waals surface area contributed by atoms with Crippen molar-refractivity contribution in [1.29, 1.82) is 0 Å². The van der Waals surface area contributed by atoms with E-state index in [0.29, 0.717) is 13.0 Å². The molecule has 0 amide bonds. The molecular weight excluding hydrogens is 228 g/mol. The number of piperidine rings is 1. The summed E-state index contributed by atoms with van der Waals surface area (Å²) < 4.78 is 0. The lowest BCUT2D eigenvalue weighted by atomic mass is 9.71. The monoisotopic (exact) mass is 244 g/mol. The van der Waals surface area contributed by atoms with E-state index in [1.165, 1.54) is 5.56 Å². The second-order valence-corrected chi connectivity index (χ2v) is 5.49. The Morgan fingerprint density at radius 1 is 1.33 bits per heavy atom. The maximum Gasteiger partial charge on any atom is 0.108 e. The van der Waals surface area contributed by atoms with E-state index in [-0.39, 0.29) is 6.04 Å². The average Bonchev–Trinajstić information content (AvgIpc) is 2.76. The molecule has 0 radical (unpaired) electrons. The zero-order chi connectivity index (χ0) is 12.3. The minimum absolute atomic E-state index is 0.00481. The summed E-state index contributed by atoms with van der Waals surface area (Å²) in [5.74, 6) is 0. The van der Waals surface area contributed by atoms with Crippen molar-refractivity contribution in [3.8, 4) is 0 Å². The summed E-state index contributed by atoms with van der Waals surface area (Å²) in [4.78, 5) is 3.26. The van der Waals surface area contributed by atoms with E-state index >= 15 is 0 Å². The Kier molecular flexibility index (Phi) is 1.96. The number of β-amino-alcohol motifs (C(OH)–C–C–N with tert-alkyl or cyclic N) is 1. The molecule has 2 aliphatic rings. The highest BCUT2D eigenvalue weighted by molar-refractivity contribution is 5.88. The minimum Gasteiger partial charge on any atom is -0.392 e. The van der Waals surface area contributed by atoms with Gasteiger partial charge in [0, 0.05) is 36.1 Å². The van der Waals surface area contributed by atoms with Crippen LogP contribution in [0.3, 0.4) is 0 Å². The van der Waals surface area contributed by atoms with Gasteiger partial charge in [0.25, 0.3) is 0 Å². The normalized spacial score (nSPS) is 34.6. The lowest BCUT2D eigenvalue weighted by Gasteiger charge is -2.45. The van der Waals surface area contributed by atoms with Crippen LogP contribution in [0, 0.1) is 0 Å². The summed E-state index contributed by atoms with van der Waals surface area (Å²) in [6.45, 7) is 0.558. The highest BCUT2D eigenvalue weighted by Crippen LogP contribution is 2.43. The summed E-state index contributed by atoms with van der Waals surface area (Å²) in [6, 6.07) is 5.96. The van der Waals surface area contributed by atoms with E-state index in [0.717, 1.165) is 22.9 Å². The number of hydrogen-bond acceptors (Lipinski definition) is 3.